The first-order chi connectivity index (χ1) is 9.69. The van der Waals surface area contributed by atoms with E-state index in [1.165, 1.54) is 5.56 Å². The molecule has 0 amide bonds. The fourth-order valence-electron chi connectivity index (χ4n) is 2.23. The molecule has 0 saturated heterocycles. The minimum absolute atomic E-state index is 0.150. The lowest BCUT2D eigenvalue weighted by atomic mass is 9.97. The summed E-state index contributed by atoms with van der Waals surface area (Å²) < 4.78 is 0. The van der Waals surface area contributed by atoms with Crippen molar-refractivity contribution < 1.29 is 0 Å². The minimum Gasteiger partial charge on any atom is -0.341 e. The van der Waals surface area contributed by atoms with E-state index in [-0.39, 0.29) is 5.92 Å². The number of nitrogens with zero attached hydrogens (tertiary/aromatic N) is 2. The Morgan fingerprint density at radius 3 is 2.45 bits per heavy atom. The van der Waals surface area contributed by atoms with Gasteiger partial charge in [-0.25, -0.2) is 4.98 Å². The second kappa shape index (κ2) is 6.38. The van der Waals surface area contributed by atoms with Gasteiger partial charge in [0.1, 0.15) is 11.7 Å². The van der Waals surface area contributed by atoms with Gasteiger partial charge >= 0.3 is 0 Å². The van der Waals surface area contributed by atoms with Gasteiger partial charge in [-0.2, -0.15) is 5.26 Å². The third kappa shape index (κ3) is 2.91. The first kappa shape index (κ1) is 14.3. The predicted molar refractivity (Wildman–Crippen MR) is 81.4 cm³/mol. The highest BCUT2D eigenvalue weighted by molar-refractivity contribution is 5.59. The van der Waals surface area contributed by atoms with Crippen LogP contribution in [0, 0.1) is 11.3 Å². The van der Waals surface area contributed by atoms with Crippen molar-refractivity contribution in [3.05, 3.63) is 41.9 Å². The predicted octanol–water partition coefficient (Wildman–Crippen LogP) is 4.61. The first-order valence-corrected chi connectivity index (χ1v) is 7.24. The van der Waals surface area contributed by atoms with Crippen molar-refractivity contribution in [1.82, 2.24) is 9.97 Å². The number of nitriles is 1. The normalized spacial score (nSPS) is 13.7. The van der Waals surface area contributed by atoms with E-state index in [0.717, 1.165) is 29.9 Å². The maximum Gasteiger partial charge on any atom is 0.123 e. The van der Waals surface area contributed by atoms with Crippen molar-refractivity contribution in [2.45, 2.75) is 45.4 Å². The molecule has 0 aliphatic rings. The molecule has 2 unspecified atom stereocenters. The van der Waals surface area contributed by atoms with E-state index in [1.807, 2.05) is 13.1 Å². The minimum atomic E-state index is -0.150. The number of aromatic amines is 1. The summed E-state index contributed by atoms with van der Waals surface area (Å²) in [4.78, 5) is 7.59. The largest absolute Gasteiger partial charge is 0.341 e. The molecule has 0 aliphatic carbocycles. The van der Waals surface area contributed by atoms with Gasteiger partial charge in [-0.15, -0.1) is 0 Å². The van der Waals surface area contributed by atoms with Crippen LogP contribution in [0.3, 0.4) is 0 Å². The fraction of sp³-hybridized carbons (Fsp3) is 0.412. The molecule has 0 fully saturated rings. The second-order valence-corrected chi connectivity index (χ2v) is 5.20. The molecule has 2 aromatic rings. The van der Waals surface area contributed by atoms with E-state index >= 15 is 0 Å². The van der Waals surface area contributed by atoms with E-state index in [4.69, 9.17) is 5.26 Å². The lowest BCUT2D eigenvalue weighted by Gasteiger charge is -2.09. The van der Waals surface area contributed by atoms with Crippen LogP contribution < -0.4 is 0 Å². The molecule has 3 nitrogen and oxygen atoms in total. The third-order valence-corrected chi connectivity index (χ3v) is 3.89. The number of hydrogen-bond donors (Lipinski definition) is 1. The van der Waals surface area contributed by atoms with E-state index in [9.17, 15) is 0 Å². The summed E-state index contributed by atoms with van der Waals surface area (Å²) in [5.41, 5.74) is 3.45. The highest BCUT2D eigenvalue weighted by atomic mass is 14.9. The Balaban J connectivity index is 2.22. The average molecular weight is 267 g/mol. The summed E-state index contributed by atoms with van der Waals surface area (Å²) in [6.07, 6.45) is 3.73. The summed E-state index contributed by atoms with van der Waals surface area (Å²) in [7, 11) is 0. The molecule has 0 radical (unpaired) electrons. The number of hydrogen-bond acceptors (Lipinski definition) is 2. The maximum absolute atomic E-state index is 9.07. The van der Waals surface area contributed by atoms with Gasteiger partial charge < -0.3 is 4.98 Å². The fourth-order valence-corrected chi connectivity index (χ4v) is 2.23. The molecule has 0 saturated carbocycles. The molecule has 0 aliphatic heterocycles. The lowest BCUT2D eigenvalue weighted by Crippen LogP contribution is -1.96. The molecular weight excluding hydrogens is 246 g/mol. The third-order valence-electron chi connectivity index (χ3n) is 3.89. The summed E-state index contributed by atoms with van der Waals surface area (Å²) in [6, 6.07) is 10.8. The molecule has 0 bridgehead atoms. The van der Waals surface area contributed by atoms with Crippen molar-refractivity contribution in [2.75, 3.05) is 0 Å². The van der Waals surface area contributed by atoms with Crippen molar-refractivity contribution in [1.29, 1.82) is 5.26 Å². The van der Waals surface area contributed by atoms with Gasteiger partial charge in [0.2, 0.25) is 0 Å². The van der Waals surface area contributed by atoms with Crippen LogP contribution in [0.2, 0.25) is 0 Å². The van der Waals surface area contributed by atoms with Crippen LogP contribution >= 0.6 is 0 Å². The number of benzene rings is 1. The SMILES string of the molecule is CCC(C)c1ccc(-c2cnc(C(C#N)CC)[nH]2)cc1. The van der Waals surface area contributed by atoms with Gasteiger partial charge in [-0.05, 0) is 29.9 Å². The molecule has 3 heteroatoms. The molecule has 104 valence electrons. The molecule has 2 rings (SSSR count). The molecule has 1 aromatic carbocycles. The molecule has 0 spiro atoms. The zero-order valence-electron chi connectivity index (χ0n) is 12.4. The summed E-state index contributed by atoms with van der Waals surface area (Å²) in [6.45, 7) is 6.44. The van der Waals surface area contributed by atoms with Gasteiger partial charge in [0.25, 0.3) is 0 Å². The van der Waals surface area contributed by atoms with Crippen LogP contribution in [0.1, 0.15) is 56.8 Å². The zero-order valence-corrected chi connectivity index (χ0v) is 12.4. The van der Waals surface area contributed by atoms with Gasteiger partial charge in [0.05, 0.1) is 18.0 Å². The first-order valence-electron chi connectivity index (χ1n) is 7.24. The Bertz CT molecular complexity index is 589. The lowest BCUT2D eigenvalue weighted by molar-refractivity contribution is 0.734. The highest BCUT2D eigenvalue weighted by Crippen LogP contribution is 2.24. The Labute approximate surface area is 120 Å². The smallest absolute Gasteiger partial charge is 0.123 e. The van der Waals surface area contributed by atoms with Crippen LogP contribution in [0.4, 0.5) is 0 Å². The molecule has 1 heterocycles. The molecular formula is C17H21N3. The van der Waals surface area contributed by atoms with Crippen molar-refractivity contribution in [3.63, 3.8) is 0 Å². The maximum atomic E-state index is 9.07. The quantitative estimate of drug-likeness (QED) is 0.860. The van der Waals surface area contributed by atoms with Crippen LogP contribution in [-0.4, -0.2) is 9.97 Å². The van der Waals surface area contributed by atoms with E-state index in [1.54, 1.807) is 0 Å². The molecule has 1 aromatic heterocycles. The van der Waals surface area contributed by atoms with Crippen LogP contribution in [-0.2, 0) is 0 Å². The molecule has 2 atom stereocenters. The summed E-state index contributed by atoms with van der Waals surface area (Å²) in [5, 5.41) is 9.07. The van der Waals surface area contributed by atoms with E-state index in [2.05, 4.69) is 54.2 Å². The average Bonchev–Trinajstić information content (AvgIpc) is 2.97. The Kier molecular flexibility index (Phi) is 4.57. The van der Waals surface area contributed by atoms with Crippen LogP contribution in [0.5, 0.6) is 0 Å². The zero-order chi connectivity index (χ0) is 14.5. The van der Waals surface area contributed by atoms with Crippen molar-refractivity contribution >= 4 is 0 Å². The monoisotopic (exact) mass is 267 g/mol. The number of rotatable bonds is 5. The van der Waals surface area contributed by atoms with Crippen LogP contribution in [0.15, 0.2) is 30.5 Å². The molecule has 20 heavy (non-hydrogen) atoms. The van der Waals surface area contributed by atoms with E-state index in [0.29, 0.717) is 5.92 Å². The number of aromatic nitrogens is 2. The second-order valence-electron chi connectivity index (χ2n) is 5.20. The number of imidazole rings is 1. The van der Waals surface area contributed by atoms with Gasteiger partial charge in [0.15, 0.2) is 0 Å². The van der Waals surface area contributed by atoms with Gasteiger partial charge in [0, 0.05) is 0 Å². The van der Waals surface area contributed by atoms with Crippen molar-refractivity contribution in [2.24, 2.45) is 0 Å². The standard InChI is InChI=1S/C17H21N3/c1-4-12(3)14-6-8-15(9-7-14)16-11-19-17(20-16)13(5-2)10-18/h6-9,11-13H,4-5H2,1-3H3,(H,19,20). The Morgan fingerprint density at radius 1 is 1.20 bits per heavy atom. The Hall–Kier alpha value is -2.08. The van der Waals surface area contributed by atoms with E-state index < -0.39 is 0 Å². The molecule has 1 N–H and O–H groups in total. The van der Waals surface area contributed by atoms with Gasteiger partial charge in [-0.1, -0.05) is 45.0 Å². The summed E-state index contributed by atoms with van der Waals surface area (Å²) >= 11 is 0. The Morgan fingerprint density at radius 2 is 1.90 bits per heavy atom. The summed E-state index contributed by atoms with van der Waals surface area (Å²) in [5.74, 6) is 1.20. The highest BCUT2D eigenvalue weighted by Gasteiger charge is 2.12. The van der Waals surface area contributed by atoms with Gasteiger partial charge in [-0.3, -0.25) is 0 Å². The van der Waals surface area contributed by atoms with Crippen molar-refractivity contribution in [3.8, 4) is 17.3 Å². The van der Waals surface area contributed by atoms with Crippen LogP contribution in [0.25, 0.3) is 11.3 Å². The number of H-pyrrole nitrogens is 1. The topological polar surface area (TPSA) is 52.5 Å². The number of nitrogens with one attached hydrogen (secondary N) is 1.